The molecule has 0 saturated carbocycles. The van der Waals surface area contributed by atoms with Gasteiger partial charge in [-0.3, -0.25) is 0 Å². The van der Waals surface area contributed by atoms with Gasteiger partial charge in [0.05, 0.1) is 11.2 Å². The molecule has 0 amide bonds. The first kappa shape index (κ1) is 27.8. The molecule has 1 saturated heterocycles. The predicted molar refractivity (Wildman–Crippen MR) is 191 cm³/mol. The lowest BCUT2D eigenvalue weighted by atomic mass is 9.77. The average molecular weight is 583 g/mol. The number of hydrogen-bond donors (Lipinski definition) is 0. The third-order valence-corrected chi connectivity index (χ3v) is 9.88. The fourth-order valence-electron chi connectivity index (χ4n) is 6.60. The van der Waals surface area contributed by atoms with Crippen molar-refractivity contribution in [2.45, 2.75) is 38.9 Å². The van der Waals surface area contributed by atoms with Crippen LogP contribution in [0.15, 0.2) is 140 Å². The summed E-state index contributed by atoms with van der Waals surface area (Å²) in [5.41, 5.74) is 7.63. The largest absolute Gasteiger partial charge is 0.494 e. The highest BCUT2D eigenvalue weighted by molar-refractivity contribution is 6.62. The molecular weight excluding hydrogens is 547 g/mol. The van der Waals surface area contributed by atoms with Crippen LogP contribution in [-0.4, -0.2) is 18.3 Å². The quantitative estimate of drug-likeness (QED) is 0.192. The molecule has 0 spiro atoms. The van der Waals surface area contributed by atoms with Crippen LogP contribution >= 0.6 is 0 Å². The van der Waals surface area contributed by atoms with Crippen LogP contribution < -0.4 is 5.46 Å². The third-order valence-electron chi connectivity index (χ3n) is 9.88. The first-order chi connectivity index (χ1) is 21.8. The summed E-state index contributed by atoms with van der Waals surface area (Å²) in [5.74, 6) is 0. The molecule has 8 rings (SSSR count). The number of rotatable bonds is 4. The van der Waals surface area contributed by atoms with E-state index in [2.05, 4.69) is 167 Å². The van der Waals surface area contributed by atoms with Crippen LogP contribution in [0.25, 0.3) is 65.7 Å². The van der Waals surface area contributed by atoms with Crippen molar-refractivity contribution in [2.75, 3.05) is 0 Å². The third kappa shape index (κ3) is 4.84. The van der Waals surface area contributed by atoms with Crippen molar-refractivity contribution in [1.82, 2.24) is 0 Å². The number of hydrogen-bond acceptors (Lipinski definition) is 2. The first-order valence-corrected chi connectivity index (χ1v) is 15.8. The molecule has 0 aliphatic carbocycles. The average Bonchev–Trinajstić information content (AvgIpc) is 3.29. The van der Waals surface area contributed by atoms with Crippen LogP contribution in [0.3, 0.4) is 0 Å². The number of fused-ring (bicyclic) bond motifs is 3. The molecule has 0 bridgehead atoms. The van der Waals surface area contributed by atoms with Gasteiger partial charge in [-0.15, -0.1) is 0 Å². The molecule has 7 aromatic rings. The molecule has 1 aliphatic rings. The molecule has 1 heterocycles. The van der Waals surface area contributed by atoms with E-state index in [0.717, 1.165) is 5.46 Å². The Bertz CT molecular complexity index is 2230. The minimum atomic E-state index is -0.387. The molecule has 0 aromatic heterocycles. The molecule has 7 aromatic carbocycles. The second-order valence-corrected chi connectivity index (χ2v) is 13.3. The number of benzene rings is 7. The summed E-state index contributed by atoms with van der Waals surface area (Å²) in [4.78, 5) is 0. The summed E-state index contributed by atoms with van der Waals surface area (Å²) in [6.07, 6.45) is 0. The van der Waals surface area contributed by atoms with E-state index in [-0.39, 0.29) is 18.3 Å². The van der Waals surface area contributed by atoms with Gasteiger partial charge in [0.15, 0.2) is 0 Å². The van der Waals surface area contributed by atoms with Gasteiger partial charge in [0.25, 0.3) is 0 Å². The molecule has 1 fully saturated rings. The van der Waals surface area contributed by atoms with E-state index in [0.29, 0.717) is 0 Å². The van der Waals surface area contributed by atoms with Crippen molar-refractivity contribution in [3.05, 3.63) is 140 Å². The van der Waals surface area contributed by atoms with Crippen molar-refractivity contribution in [3.8, 4) is 33.4 Å². The molecule has 2 nitrogen and oxygen atoms in total. The minimum absolute atomic E-state index is 0.374. The van der Waals surface area contributed by atoms with Crippen LogP contribution in [0.4, 0.5) is 0 Å². The molecule has 218 valence electrons. The lowest BCUT2D eigenvalue weighted by Crippen LogP contribution is -2.41. The molecule has 0 N–H and O–H groups in total. The van der Waals surface area contributed by atoms with Crippen molar-refractivity contribution in [1.29, 1.82) is 0 Å². The van der Waals surface area contributed by atoms with Crippen LogP contribution in [-0.2, 0) is 9.31 Å². The molecule has 45 heavy (non-hydrogen) atoms. The van der Waals surface area contributed by atoms with Crippen molar-refractivity contribution < 1.29 is 9.31 Å². The van der Waals surface area contributed by atoms with Crippen molar-refractivity contribution >= 4 is 44.9 Å². The van der Waals surface area contributed by atoms with Crippen molar-refractivity contribution in [3.63, 3.8) is 0 Å². The Balaban J connectivity index is 1.14. The van der Waals surface area contributed by atoms with Crippen LogP contribution in [0.5, 0.6) is 0 Å². The van der Waals surface area contributed by atoms with Gasteiger partial charge in [0.1, 0.15) is 0 Å². The van der Waals surface area contributed by atoms with Gasteiger partial charge < -0.3 is 9.31 Å². The van der Waals surface area contributed by atoms with Gasteiger partial charge >= 0.3 is 7.12 Å². The van der Waals surface area contributed by atoms with Gasteiger partial charge in [-0.05, 0) is 117 Å². The van der Waals surface area contributed by atoms with Gasteiger partial charge in [0.2, 0.25) is 0 Å². The van der Waals surface area contributed by atoms with Crippen LogP contribution in [0.1, 0.15) is 27.7 Å². The minimum Gasteiger partial charge on any atom is -0.399 e. The fraction of sp³-hybridized carbons (Fsp3) is 0.143. The Morgan fingerprint density at radius 1 is 0.400 bits per heavy atom. The van der Waals surface area contributed by atoms with E-state index in [4.69, 9.17) is 9.31 Å². The van der Waals surface area contributed by atoms with Gasteiger partial charge in [-0.1, -0.05) is 121 Å². The van der Waals surface area contributed by atoms with E-state index >= 15 is 0 Å². The molecule has 0 atom stereocenters. The van der Waals surface area contributed by atoms with E-state index in [1.807, 2.05) is 0 Å². The molecular formula is C42H35BO2. The summed E-state index contributed by atoms with van der Waals surface area (Å²) in [5, 5.41) is 7.39. The van der Waals surface area contributed by atoms with Crippen LogP contribution in [0.2, 0.25) is 0 Å². The van der Waals surface area contributed by atoms with Gasteiger partial charge in [0, 0.05) is 0 Å². The smallest absolute Gasteiger partial charge is 0.399 e. The monoisotopic (exact) mass is 582 g/mol. The summed E-state index contributed by atoms with van der Waals surface area (Å²) < 4.78 is 12.8. The van der Waals surface area contributed by atoms with E-state index < -0.39 is 0 Å². The zero-order valence-corrected chi connectivity index (χ0v) is 26.2. The van der Waals surface area contributed by atoms with Gasteiger partial charge in [-0.25, -0.2) is 0 Å². The summed E-state index contributed by atoms with van der Waals surface area (Å²) >= 11 is 0. The Morgan fingerprint density at radius 3 is 1.67 bits per heavy atom. The topological polar surface area (TPSA) is 18.5 Å². The Kier molecular flexibility index (Phi) is 6.46. The molecule has 0 radical (unpaired) electrons. The van der Waals surface area contributed by atoms with Crippen molar-refractivity contribution in [2.24, 2.45) is 0 Å². The normalized spacial score (nSPS) is 15.7. The first-order valence-electron chi connectivity index (χ1n) is 15.8. The SMILES string of the molecule is CC1(C)OB(c2ccc3cccc(-c4ccc5cc(-c6cccc(-c7cccc8ccccc78)c6)ccc5c4)c3c2)OC1(C)C. The zero-order chi connectivity index (χ0) is 30.8. The summed E-state index contributed by atoms with van der Waals surface area (Å²) in [7, 11) is -0.387. The second kappa shape index (κ2) is 10.4. The Labute approximate surface area is 265 Å². The maximum Gasteiger partial charge on any atom is 0.494 e. The molecule has 0 unspecified atom stereocenters. The van der Waals surface area contributed by atoms with E-state index in [1.54, 1.807) is 0 Å². The van der Waals surface area contributed by atoms with E-state index in [1.165, 1.54) is 65.7 Å². The fourth-order valence-corrected chi connectivity index (χ4v) is 6.60. The Morgan fingerprint density at radius 2 is 0.911 bits per heavy atom. The summed E-state index contributed by atoms with van der Waals surface area (Å²) in [6.45, 7) is 8.40. The lowest BCUT2D eigenvalue weighted by molar-refractivity contribution is 0.00578. The van der Waals surface area contributed by atoms with Crippen LogP contribution in [0, 0.1) is 0 Å². The maximum absolute atomic E-state index is 6.38. The second-order valence-electron chi connectivity index (χ2n) is 13.3. The highest BCUT2D eigenvalue weighted by atomic mass is 16.7. The highest BCUT2D eigenvalue weighted by Crippen LogP contribution is 2.38. The molecule has 1 aliphatic heterocycles. The van der Waals surface area contributed by atoms with Gasteiger partial charge in [-0.2, -0.15) is 0 Å². The predicted octanol–water partition coefficient (Wildman–Crippen LogP) is 10.4. The Hall–Kier alpha value is -4.70. The highest BCUT2D eigenvalue weighted by Gasteiger charge is 2.51. The lowest BCUT2D eigenvalue weighted by Gasteiger charge is -2.32. The zero-order valence-electron chi connectivity index (χ0n) is 26.2. The maximum atomic E-state index is 6.38. The van der Waals surface area contributed by atoms with E-state index in [9.17, 15) is 0 Å². The molecule has 3 heteroatoms. The summed E-state index contributed by atoms with van der Waals surface area (Å²) in [6, 6.07) is 50.7. The standard InChI is InChI=1S/C42H35BO2/c1-41(2)42(3,4)45-43(44-41)36-23-22-29-12-9-17-39(40(29)27-36)35-21-20-32-24-31(18-19-33(32)26-35)30-13-7-14-34(25-30)38-16-8-11-28-10-5-6-15-37(28)38/h5-27H,1-4H3.